The molecule has 0 radical (unpaired) electrons. The van der Waals surface area contributed by atoms with Crippen LogP contribution in [0.15, 0.2) is 12.1 Å². The maximum atomic E-state index is 11.2. The van der Waals surface area contributed by atoms with E-state index < -0.39 is 6.98 Å². The number of halogens is 3. The molecule has 0 spiro atoms. The van der Waals surface area contributed by atoms with Gasteiger partial charge in [0, 0.05) is 6.54 Å². The molecule has 0 bridgehead atoms. The summed E-state index contributed by atoms with van der Waals surface area (Å²) in [6, 6.07) is 0. The fourth-order valence-electron chi connectivity index (χ4n) is 0.233. The van der Waals surface area contributed by atoms with E-state index in [9.17, 15) is 12.9 Å². The van der Waals surface area contributed by atoms with Gasteiger partial charge in [-0.2, -0.15) is 0 Å². The summed E-state index contributed by atoms with van der Waals surface area (Å²) < 4.78 is 33.5. The molecule has 0 atom stereocenters. The molecule has 0 saturated heterocycles. The van der Waals surface area contributed by atoms with E-state index in [-0.39, 0.29) is 12.5 Å². The standard InChI is InChI=1S/C3H6BF3N/c5-4(6,7)2-1-3-8/h1-2H,3,8H2/q-1/b2-1+. The maximum Gasteiger partial charge on any atom is 0.502 e. The van der Waals surface area contributed by atoms with Crippen LogP contribution in [0.5, 0.6) is 0 Å². The van der Waals surface area contributed by atoms with Crippen molar-refractivity contribution in [3.05, 3.63) is 12.1 Å². The molecule has 0 rings (SSSR count). The summed E-state index contributed by atoms with van der Waals surface area (Å²) in [5.74, 6) is 0.181. The third kappa shape index (κ3) is 5.55. The Bertz CT molecular complexity index is 87.0. The van der Waals surface area contributed by atoms with E-state index in [0.29, 0.717) is 0 Å². The van der Waals surface area contributed by atoms with E-state index in [1.165, 1.54) is 0 Å². The van der Waals surface area contributed by atoms with Gasteiger partial charge < -0.3 is 18.7 Å². The van der Waals surface area contributed by atoms with Crippen LogP contribution in [0.2, 0.25) is 0 Å². The van der Waals surface area contributed by atoms with Crippen LogP contribution in [-0.4, -0.2) is 13.5 Å². The first-order chi connectivity index (χ1) is 3.56. The van der Waals surface area contributed by atoms with E-state index in [0.717, 1.165) is 6.08 Å². The molecular weight excluding hydrogens is 118 g/mol. The summed E-state index contributed by atoms with van der Waals surface area (Å²) in [5, 5.41) is 0. The molecule has 0 heterocycles. The third-order valence-electron chi connectivity index (χ3n) is 0.490. The summed E-state index contributed by atoms with van der Waals surface area (Å²) in [7, 11) is 0. The van der Waals surface area contributed by atoms with Gasteiger partial charge in [-0.05, 0) is 0 Å². The zero-order chi connectivity index (χ0) is 6.62. The Morgan fingerprint density at radius 3 is 2.00 bits per heavy atom. The van der Waals surface area contributed by atoms with Gasteiger partial charge in [-0.25, -0.2) is 0 Å². The van der Waals surface area contributed by atoms with Crippen molar-refractivity contribution in [3.8, 4) is 0 Å². The number of rotatable bonds is 2. The lowest BCUT2D eigenvalue weighted by Gasteiger charge is -2.04. The van der Waals surface area contributed by atoms with Gasteiger partial charge in [-0.15, -0.1) is 12.1 Å². The first-order valence-corrected chi connectivity index (χ1v) is 2.14. The minimum Gasteiger partial charge on any atom is -0.445 e. The van der Waals surface area contributed by atoms with Crippen molar-refractivity contribution in [3.63, 3.8) is 0 Å². The lowest BCUT2D eigenvalue weighted by Crippen LogP contribution is -2.11. The average molecular weight is 124 g/mol. The van der Waals surface area contributed by atoms with Crippen molar-refractivity contribution in [2.24, 2.45) is 5.73 Å². The first-order valence-electron chi connectivity index (χ1n) is 2.14. The molecule has 2 N–H and O–H groups in total. The summed E-state index contributed by atoms with van der Waals surface area (Å²) in [5.41, 5.74) is 4.76. The van der Waals surface area contributed by atoms with Gasteiger partial charge in [0.2, 0.25) is 0 Å². The topological polar surface area (TPSA) is 26.0 Å². The second-order valence-electron chi connectivity index (χ2n) is 1.29. The van der Waals surface area contributed by atoms with Gasteiger partial charge in [0.05, 0.1) is 0 Å². The molecule has 8 heavy (non-hydrogen) atoms. The van der Waals surface area contributed by atoms with Crippen molar-refractivity contribution < 1.29 is 12.9 Å². The Hall–Kier alpha value is -0.445. The molecule has 0 amide bonds. The molecular formula is C3H6BF3N-. The lowest BCUT2D eigenvalue weighted by molar-refractivity contribution is 0.498. The quantitative estimate of drug-likeness (QED) is 0.543. The highest BCUT2D eigenvalue weighted by molar-refractivity contribution is 6.64. The van der Waals surface area contributed by atoms with Crippen molar-refractivity contribution in [1.29, 1.82) is 0 Å². The van der Waals surface area contributed by atoms with Crippen LogP contribution < -0.4 is 5.73 Å². The zero-order valence-corrected chi connectivity index (χ0v) is 4.15. The Balaban J connectivity index is 3.52. The molecule has 0 fully saturated rings. The van der Waals surface area contributed by atoms with Crippen molar-refractivity contribution in [2.75, 3.05) is 6.54 Å². The van der Waals surface area contributed by atoms with Crippen LogP contribution in [0.3, 0.4) is 0 Å². The predicted octanol–water partition coefficient (Wildman–Crippen LogP) is 0.888. The van der Waals surface area contributed by atoms with Crippen LogP contribution in [-0.2, 0) is 0 Å². The Morgan fingerprint density at radius 1 is 1.38 bits per heavy atom. The van der Waals surface area contributed by atoms with Gasteiger partial charge in [0.1, 0.15) is 0 Å². The minimum atomic E-state index is -4.76. The highest BCUT2D eigenvalue weighted by Gasteiger charge is 2.16. The van der Waals surface area contributed by atoms with Gasteiger partial charge >= 0.3 is 6.98 Å². The van der Waals surface area contributed by atoms with Gasteiger partial charge in [-0.1, -0.05) is 0 Å². The summed E-state index contributed by atoms with van der Waals surface area (Å²) in [6.07, 6.45) is 0.889. The van der Waals surface area contributed by atoms with Crippen LogP contribution in [0, 0.1) is 0 Å². The zero-order valence-electron chi connectivity index (χ0n) is 4.15. The largest absolute Gasteiger partial charge is 0.502 e. The molecule has 5 heteroatoms. The molecule has 0 aliphatic rings. The third-order valence-corrected chi connectivity index (χ3v) is 0.490. The lowest BCUT2D eigenvalue weighted by atomic mass is 9.92. The second kappa shape index (κ2) is 2.76. The number of hydrogen-bond donors (Lipinski definition) is 1. The Labute approximate surface area is 45.4 Å². The molecule has 48 valence electrons. The van der Waals surface area contributed by atoms with Crippen molar-refractivity contribution in [1.82, 2.24) is 0 Å². The summed E-state index contributed by atoms with van der Waals surface area (Å²) in [4.78, 5) is 0. The summed E-state index contributed by atoms with van der Waals surface area (Å²) in [6.45, 7) is -4.82. The van der Waals surface area contributed by atoms with Gasteiger partial charge in [-0.3, -0.25) is 0 Å². The minimum absolute atomic E-state index is 0.0543. The van der Waals surface area contributed by atoms with Crippen LogP contribution >= 0.6 is 0 Å². The SMILES string of the molecule is NC/C=C/[B-](F)(F)F. The molecule has 0 aliphatic heterocycles. The van der Waals surface area contributed by atoms with E-state index in [4.69, 9.17) is 5.73 Å². The van der Waals surface area contributed by atoms with Gasteiger partial charge in [0.25, 0.3) is 0 Å². The van der Waals surface area contributed by atoms with Crippen LogP contribution in [0.4, 0.5) is 12.9 Å². The fourth-order valence-corrected chi connectivity index (χ4v) is 0.233. The average Bonchev–Trinajstić information content (AvgIpc) is 1.59. The Morgan fingerprint density at radius 2 is 1.88 bits per heavy atom. The molecule has 0 aromatic heterocycles. The number of hydrogen-bond acceptors (Lipinski definition) is 1. The molecule has 0 unspecified atom stereocenters. The van der Waals surface area contributed by atoms with Crippen molar-refractivity contribution >= 4 is 6.98 Å². The predicted molar refractivity (Wildman–Crippen MR) is 27.3 cm³/mol. The van der Waals surface area contributed by atoms with E-state index >= 15 is 0 Å². The van der Waals surface area contributed by atoms with Crippen LogP contribution in [0.1, 0.15) is 0 Å². The van der Waals surface area contributed by atoms with E-state index in [1.807, 2.05) is 0 Å². The first kappa shape index (κ1) is 7.55. The molecule has 1 nitrogen and oxygen atoms in total. The second-order valence-corrected chi connectivity index (χ2v) is 1.29. The van der Waals surface area contributed by atoms with Crippen LogP contribution in [0.25, 0.3) is 0 Å². The highest BCUT2D eigenvalue weighted by atomic mass is 19.4. The fraction of sp³-hybridized carbons (Fsp3) is 0.333. The van der Waals surface area contributed by atoms with Crippen molar-refractivity contribution in [2.45, 2.75) is 0 Å². The number of nitrogens with two attached hydrogens (primary N) is 1. The van der Waals surface area contributed by atoms with Gasteiger partial charge in [0.15, 0.2) is 0 Å². The normalized spacial score (nSPS) is 13.0. The molecule has 0 aromatic carbocycles. The van der Waals surface area contributed by atoms with E-state index in [2.05, 4.69) is 0 Å². The Kier molecular flexibility index (Phi) is 2.61. The monoisotopic (exact) mass is 124 g/mol. The summed E-state index contributed by atoms with van der Waals surface area (Å²) >= 11 is 0. The molecule has 0 aliphatic carbocycles. The van der Waals surface area contributed by atoms with E-state index in [1.54, 1.807) is 0 Å². The highest BCUT2D eigenvalue weighted by Crippen LogP contribution is 2.08. The smallest absolute Gasteiger partial charge is 0.445 e. The maximum absolute atomic E-state index is 11.2. The molecule has 0 aromatic rings. The molecule has 0 saturated carbocycles.